The molecule has 0 bridgehead atoms. The summed E-state index contributed by atoms with van der Waals surface area (Å²) in [5.41, 5.74) is 2.23. The van der Waals surface area contributed by atoms with Crippen molar-refractivity contribution in [1.29, 1.82) is 0 Å². The third-order valence-corrected chi connectivity index (χ3v) is 7.22. The van der Waals surface area contributed by atoms with E-state index in [1.165, 1.54) is 0 Å². The second kappa shape index (κ2) is 8.29. The summed E-state index contributed by atoms with van der Waals surface area (Å²) in [6.07, 6.45) is 0. The predicted octanol–water partition coefficient (Wildman–Crippen LogP) is 2.16. The number of nitrogens with zero attached hydrogens (tertiary/aromatic N) is 2. The van der Waals surface area contributed by atoms with Crippen molar-refractivity contribution in [2.75, 3.05) is 38.5 Å². The van der Waals surface area contributed by atoms with Gasteiger partial charge in [0.05, 0.1) is 17.0 Å². The third kappa shape index (κ3) is 4.69. The fraction of sp³-hybridized carbons (Fsp3) is 0.632. The first-order valence-corrected chi connectivity index (χ1v) is 10.8. The van der Waals surface area contributed by atoms with Crippen LogP contribution < -0.4 is 10.1 Å². The summed E-state index contributed by atoms with van der Waals surface area (Å²) in [6, 6.07) is 6.09. The first-order chi connectivity index (χ1) is 12.2. The van der Waals surface area contributed by atoms with Gasteiger partial charge in [-0.2, -0.15) is 0 Å². The van der Waals surface area contributed by atoms with E-state index in [0.717, 1.165) is 29.4 Å². The van der Waals surface area contributed by atoms with E-state index in [4.69, 9.17) is 4.74 Å². The molecular weight excluding hydrogens is 350 g/mol. The number of hydrogen-bond donors (Lipinski definition) is 1. The van der Waals surface area contributed by atoms with E-state index in [-0.39, 0.29) is 5.75 Å². The second-order valence-electron chi connectivity index (χ2n) is 7.31. The maximum Gasteiger partial charge on any atom is 0.194 e. The molecule has 1 heterocycles. The Morgan fingerprint density at radius 3 is 2.54 bits per heavy atom. The lowest BCUT2D eigenvalue weighted by molar-refractivity contribution is 0.320. The predicted molar refractivity (Wildman–Crippen MR) is 107 cm³/mol. The molecule has 6 nitrogen and oxygen atoms in total. The van der Waals surface area contributed by atoms with Gasteiger partial charge in [-0.05, 0) is 45.7 Å². The number of hydrogen-bond acceptors (Lipinski definition) is 4. The maximum absolute atomic E-state index is 12.2. The highest BCUT2D eigenvalue weighted by Gasteiger charge is 2.40. The highest BCUT2D eigenvalue weighted by Crippen LogP contribution is 2.24. The van der Waals surface area contributed by atoms with Crippen LogP contribution in [-0.2, 0) is 9.84 Å². The number of guanidine groups is 1. The largest absolute Gasteiger partial charge is 0.491 e. The van der Waals surface area contributed by atoms with Gasteiger partial charge in [0.25, 0.3) is 0 Å². The lowest BCUT2D eigenvalue weighted by Gasteiger charge is -2.39. The molecule has 0 radical (unpaired) electrons. The lowest BCUT2D eigenvalue weighted by Crippen LogP contribution is -2.57. The number of sulfone groups is 1. The zero-order chi connectivity index (χ0) is 19.4. The number of benzene rings is 1. The summed E-state index contributed by atoms with van der Waals surface area (Å²) in [7, 11) is -3.06. The minimum atomic E-state index is -3.06. The molecule has 1 aliphatic rings. The van der Waals surface area contributed by atoms with Gasteiger partial charge >= 0.3 is 0 Å². The van der Waals surface area contributed by atoms with Crippen molar-refractivity contribution in [2.24, 2.45) is 4.99 Å². The smallest absolute Gasteiger partial charge is 0.194 e. The monoisotopic (exact) mass is 381 g/mol. The highest BCUT2D eigenvalue weighted by atomic mass is 32.2. The van der Waals surface area contributed by atoms with Crippen molar-refractivity contribution in [1.82, 2.24) is 10.2 Å². The van der Waals surface area contributed by atoms with Gasteiger partial charge in [-0.25, -0.2) is 13.4 Å². The molecule has 1 aromatic carbocycles. The van der Waals surface area contributed by atoms with Crippen molar-refractivity contribution < 1.29 is 13.2 Å². The molecular formula is C19H31N3O3S. The average Bonchev–Trinajstić information content (AvgIpc) is 2.55. The van der Waals surface area contributed by atoms with E-state index in [0.29, 0.717) is 26.2 Å². The van der Waals surface area contributed by atoms with Gasteiger partial charge in [-0.1, -0.05) is 18.2 Å². The number of nitrogens with one attached hydrogen (secondary N) is 1. The van der Waals surface area contributed by atoms with Crippen LogP contribution in [0.25, 0.3) is 0 Å². The van der Waals surface area contributed by atoms with Crippen molar-refractivity contribution in [3.8, 4) is 5.75 Å². The Labute approximate surface area is 157 Å². The molecule has 1 N–H and O–H groups in total. The van der Waals surface area contributed by atoms with Crippen LogP contribution in [0.3, 0.4) is 0 Å². The fourth-order valence-electron chi connectivity index (χ4n) is 3.08. The van der Waals surface area contributed by atoms with Gasteiger partial charge in [-0.3, -0.25) is 0 Å². The second-order valence-corrected chi connectivity index (χ2v) is 10.0. The van der Waals surface area contributed by atoms with E-state index in [9.17, 15) is 8.42 Å². The Kier molecular flexibility index (Phi) is 6.55. The molecule has 1 aliphatic heterocycles. The van der Waals surface area contributed by atoms with Gasteiger partial charge in [0, 0.05) is 19.6 Å². The number of ether oxygens (including phenoxy) is 1. The summed E-state index contributed by atoms with van der Waals surface area (Å²) in [6.45, 7) is 12.3. The molecule has 0 amide bonds. The van der Waals surface area contributed by atoms with Crippen LogP contribution in [0.15, 0.2) is 23.2 Å². The van der Waals surface area contributed by atoms with Gasteiger partial charge in [0.1, 0.15) is 12.4 Å². The van der Waals surface area contributed by atoms with Crippen molar-refractivity contribution in [3.05, 3.63) is 29.3 Å². The zero-order valence-electron chi connectivity index (χ0n) is 16.5. The number of para-hydroxylation sites is 1. The zero-order valence-corrected chi connectivity index (χ0v) is 17.3. The molecule has 0 aliphatic carbocycles. The topological polar surface area (TPSA) is 71.0 Å². The SMILES string of the molecule is CCNC(=NCCOc1c(C)cccc1C)N1CCS(=O)(=O)C(C)(C)C1. The molecule has 7 heteroatoms. The van der Waals surface area contributed by atoms with Crippen molar-refractivity contribution in [3.63, 3.8) is 0 Å². The Morgan fingerprint density at radius 1 is 1.31 bits per heavy atom. The molecule has 1 aromatic rings. The van der Waals surface area contributed by atoms with Crippen LogP contribution in [0, 0.1) is 13.8 Å². The molecule has 0 atom stereocenters. The lowest BCUT2D eigenvalue weighted by atomic mass is 10.1. The van der Waals surface area contributed by atoms with E-state index >= 15 is 0 Å². The Bertz CT molecular complexity index is 737. The molecule has 26 heavy (non-hydrogen) atoms. The van der Waals surface area contributed by atoms with Crippen LogP contribution in [0.5, 0.6) is 5.75 Å². The fourth-order valence-corrected chi connectivity index (χ4v) is 4.44. The number of aryl methyl sites for hydroxylation is 2. The maximum atomic E-state index is 12.2. The van der Waals surface area contributed by atoms with E-state index in [1.807, 2.05) is 43.9 Å². The molecule has 0 aromatic heterocycles. The van der Waals surface area contributed by atoms with Crippen LogP contribution in [0.2, 0.25) is 0 Å². The van der Waals surface area contributed by atoms with Crippen LogP contribution in [-0.4, -0.2) is 62.6 Å². The number of rotatable bonds is 5. The summed E-state index contributed by atoms with van der Waals surface area (Å²) in [4.78, 5) is 6.67. The summed E-state index contributed by atoms with van der Waals surface area (Å²) >= 11 is 0. The highest BCUT2D eigenvalue weighted by molar-refractivity contribution is 7.92. The minimum absolute atomic E-state index is 0.156. The van der Waals surface area contributed by atoms with Crippen LogP contribution in [0.1, 0.15) is 31.9 Å². The number of aliphatic imine (C=N–C) groups is 1. The summed E-state index contributed by atoms with van der Waals surface area (Å²) in [5.74, 6) is 1.82. The van der Waals surface area contributed by atoms with Gasteiger partial charge in [0.2, 0.25) is 0 Å². The van der Waals surface area contributed by atoms with E-state index in [2.05, 4.69) is 10.3 Å². The van der Waals surface area contributed by atoms with Crippen LogP contribution >= 0.6 is 0 Å². The standard InChI is InChI=1S/C19H31N3O3S/c1-6-20-18(22-11-13-26(23,24)19(4,5)14-22)21-10-12-25-17-15(2)8-7-9-16(17)3/h7-9H,6,10-14H2,1-5H3,(H,20,21). The van der Waals surface area contributed by atoms with Gasteiger partial charge in [-0.15, -0.1) is 0 Å². The quantitative estimate of drug-likeness (QED) is 0.481. The van der Waals surface area contributed by atoms with E-state index in [1.54, 1.807) is 13.8 Å². The van der Waals surface area contributed by atoms with Gasteiger partial charge in [0.15, 0.2) is 15.8 Å². The van der Waals surface area contributed by atoms with Crippen molar-refractivity contribution >= 4 is 15.8 Å². The minimum Gasteiger partial charge on any atom is -0.491 e. The Hall–Kier alpha value is -1.76. The average molecular weight is 382 g/mol. The molecule has 0 spiro atoms. The third-order valence-electron chi connectivity index (χ3n) is 4.69. The molecule has 0 saturated carbocycles. The molecule has 1 saturated heterocycles. The molecule has 2 rings (SSSR count). The molecule has 0 unspecified atom stereocenters. The first kappa shape index (κ1) is 20.6. The first-order valence-electron chi connectivity index (χ1n) is 9.12. The normalized spacial score (nSPS) is 19.3. The summed E-state index contributed by atoms with van der Waals surface area (Å²) < 4.78 is 29.5. The van der Waals surface area contributed by atoms with E-state index < -0.39 is 14.6 Å². The Morgan fingerprint density at radius 2 is 1.96 bits per heavy atom. The van der Waals surface area contributed by atoms with Crippen molar-refractivity contribution in [2.45, 2.75) is 39.4 Å². The Balaban J connectivity index is 2.01. The van der Waals surface area contributed by atoms with Gasteiger partial charge < -0.3 is 15.0 Å². The molecule has 1 fully saturated rings. The summed E-state index contributed by atoms with van der Waals surface area (Å²) in [5, 5.41) is 3.26. The molecule has 146 valence electrons. The van der Waals surface area contributed by atoms with Crippen LogP contribution in [0.4, 0.5) is 0 Å².